The number of rotatable bonds is 5. The van der Waals surface area contributed by atoms with Gasteiger partial charge in [0.2, 0.25) is 11.0 Å². The zero-order valence-electron chi connectivity index (χ0n) is 14.2. The Morgan fingerprint density at radius 1 is 1.40 bits per heavy atom. The predicted molar refractivity (Wildman–Crippen MR) is 102 cm³/mol. The van der Waals surface area contributed by atoms with Crippen LogP contribution in [0, 0.1) is 12.8 Å². The Bertz CT molecular complexity index is 848. The molecule has 0 saturated carbocycles. The van der Waals surface area contributed by atoms with Crippen molar-refractivity contribution in [1.82, 2.24) is 19.7 Å². The molecular formula is C15H19N5O2S3. The highest BCUT2D eigenvalue weighted by molar-refractivity contribution is 8.01. The maximum atomic E-state index is 12.6. The van der Waals surface area contributed by atoms with E-state index in [1.165, 1.54) is 23.1 Å². The molecule has 1 N–H and O–H groups in total. The topological polar surface area (TPSA) is 89.8 Å². The second kappa shape index (κ2) is 7.88. The van der Waals surface area contributed by atoms with E-state index in [0.717, 1.165) is 21.3 Å². The smallest absolute Gasteiger partial charge is 0.257 e. The van der Waals surface area contributed by atoms with Crippen LogP contribution in [-0.2, 0) is 17.8 Å². The molecule has 1 aliphatic rings. The first-order chi connectivity index (χ1) is 12.0. The molecule has 0 saturated heterocycles. The second-order valence-electron chi connectivity index (χ2n) is 5.53. The lowest BCUT2D eigenvalue weighted by Gasteiger charge is -2.24. The largest absolute Gasteiger partial charge is 0.300 e. The molecule has 0 aromatic carbocycles. The summed E-state index contributed by atoms with van der Waals surface area (Å²) >= 11 is 4.41. The Kier molecular flexibility index (Phi) is 5.80. The van der Waals surface area contributed by atoms with Crippen LogP contribution in [0.1, 0.15) is 25.1 Å². The first-order valence-corrected chi connectivity index (χ1v) is 10.8. The van der Waals surface area contributed by atoms with Crippen LogP contribution in [-0.4, -0.2) is 37.2 Å². The third-order valence-corrected chi connectivity index (χ3v) is 6.87. The van der Waals surface area contributed by atoms with Gasteiger partial charge in [0.1, 0.15) is 0 Å². The van der Waals surface area contributed by atoms with Gasteiger partial charge in [0.25, 0.3) is 5.56 Å². The second-order valence-corrected chi connectivity index (χ2v) is 9.01. The minimum atomic E-state index is -0.296. The predicted octanol–water partition coefficient (Wildman–Crippen LogP) is 2.44. The molecule has 0 aliphatic carbocycles. The van der Waals surface area contributed by atoms with Crippen molar-refractivity contribution in [2.75, 3.05) is 16.8 Å². The summed E-state index contributed by atoms with van der Waals surface area (Å²) in [6.45, 7) is 6.20. The Hall–Kier alpha value is -1.39. The normalized spacial score (nSPS) is 16.5. The van der Waals surface area contributed by atoms with Crippen LogP contribution in [0.3, 0.4) is 0 Å². The van der Waals surface area contributed by atoms with Gasteiger partial charge in [-0.15, -0.1) is 10.2 Å². The Morgan fingerprint density at radius 2 is 2.20 bits per heavy atom. The summed E-state index contributed by atoms with van der Waals surface area (Å²) in [4.78, 5) is 29.7. The molecular weight excluding hydrogens is 378 g/mol. The van der Waals surface area contributed by atoms with E-state index in [-0.39, 0.29) is 17.4 Å². The molecule has 2 aromatic heterocycles. The van der Waals surface area contributed by atoms with Crippen LogP contribution in [0.4, 0.5) is 5.13 Å². The van der Waals surface area contributed by atoms with E-state index in [0.29, 0.717) is 29.0 Å². The summed E-state index contributed by atoms with van der Waals surface area (Å²) in [5, 5.41) is 12.1. The lowest BCUT2D eigenvalue weighted by molar-refractivity contribution is -0.119. The summed E-state index contributed by atoms with van der Waals surface area (Å²) in [6.07, 6.45) is 0.641. The lowest BCUT2D eigenvalue weighted by Crippen LogP contribution is -2.38. The summed E-state index contributed by atoms with van der Waals surface area (Å²) < 4.78 is 2.47. The third kappa shape index (κ3) is 3.90. The number of thioether (sulfide) groups is 2. The Morgan fingerprint density at radius 3 is 2.92 bits per heavy atom. The van der Waals surface area contributed by atoms with Crippen molar-refractivity contribution in [1.29, 1.82) is 0 Å². The van der Waals surface area contributed by atoms with Crippen LogP contribution in [0.5, 0.6) is 0 Å². The highest BCUT2D eigenvalue weighted by Crippen LogP contribution is 2.28. The molecule has 1 atom stereocenters. The number of anilines is 1. The molecule has 0 bridgehead atoms. The van der Waals surface area contributed by atoms with Crippen molar-refractivity contribution in [2.45, 2.75) is 43.2 Å². The van der Waals surface area contributed by atoms with Gasteiger partial charge in [-0.25, -0.2) is 4.98 Å². The van der Waals surface area contributed by atoms with E-state index in [4.69, 9.17) is 0 Å². The van der Waals surface area contributed by atoms with Crippen LogP contribution in [0.2, 0.25) is 0 Å². The molecule has 134 valence electrons. The van der Waals surface area contributed by atoms with Gasteiger partial charge in [-0.05, 0) is 19.1 Å². The molecule has 0 unspecified atom stereocenters. The first kappa shape index (κ1) is 18.4. The van der Waals surface area contributed by atoms with Gasteiger partial charge < -0.3 is 5.32 Å². The number of fused-ring (bicyclic) bond motifs is 1. The fourth-order valence-electron chi connectivity index (χ4n) is 2.61. The van der Waals surface area contributed by atoms with E-state index in [1.807, 2.05) is 20.8 Å². The van der Waals surface area contributed by atoms with Crippen molar-refractivity contribution in [3.05, 3.63) is 21.6 Å². The highest BCUT2D eigenvalue weighted by atomic mass is 32.2. The fraction of sp³-hybridized carbons (Fsp3) is 0.533. The van der Waals surface area contributed by atoms with Gasteiger partial charge >= 0.3 is 0 Å². The zero-order chi connectivity index (χ0) is 18.0. The number of aryl methyl sites for hydroxylation is 1. The van der Waals surface area contributed by atoms with Gasteiger partial charge in [-0.1, -0.05) is 48.7 Å². The molecule has 0 spiro atoms. The van der Waals surface area contributed by atoms with Gasteiger partial charge in [0.15, 0.2) is 9.50 Å². The van der Waals surface area contributed by atoms with E-state index < -0.39 is 0 Å². The van der Waals surface area contributed by atoms with Crippen molar-refractivity contribution in [3.63, 3.8) is 0 Å². The average Bonchev–Trinajstić information content (AvgIpc) is 3.02. The van der Waals surface area contributed by atoms with Gasteiger partial charge in [0.05, 0.1) is 5.92 Å². The number of nitrogens with one attached hydrogen (secondary N) is 1. The number of hydrogen-bond donors (Lipinski definition) is 1. The third-order valence-electron chi connectivity index (χ3n) is 3.88. The monoisotopic (exact) mass is 397 g/mol. The summed E-state index contributed by atoms with van der Waals surface area (Å²) in [6, 6.07) is 0. The number of carbonyl (C=O) groups is 1. The van der Waals surface area contributed by atoms with Crippen molar-refractivity contribution in [3.8, 4) is 0 Å². The van der Waals surface area contributed by atoms with Crippen LogP contribution in [0.25, 0.3) is 0 Å². The highest BCUT2D eigenvalue weighted by Gasteiger charge is 2.28. The molecule has 1 aliphatic heterocycles. The van der Waals surface area contributed by atoms with Crippen LogP contribution >= 0.6 is 34.9 Å². The Labute approximate surface area is 158 Å². The standard InChI is InChI=1S/C15H19N5O2S3/c1-4-10-8(3)16-14-20(12(10)22)6-9(7-24-14)11(21)17-13-18-19-15(25-13)23-5-2/h9H,4-7H2,1-3H3,(H,17,18,21)/t9-/m1/s1. The summed E-state index contributed by atoms with van der Waals surface area (Å²) in [5.41, 5.74) is 1.47. The van der Waals surface area contributed by atoms with Gasteiger partial charge in [-0.2, -0.15) is 0 Å². The van der Waals surface area contributed by atoms with E-state index in [1.54, 1.807) is 16.3 Å². The maximum absolute atomic E-state index is 12.6. The van der Waals surface area contributed by atoms with Crippen LogP contribution < -0.4 is 10.9 Å². The van der Waals surface area contributed by atoms with Crippen LogP contribution in [0.15, 0.2) is 14.3 Å². The summed E-state index contributed by atoms with van der Waals surface area (Å²) in [7, 11) is 0. The molecule has 1 amide bonds. The number of amides is 1. The Balaban J connectivity index is 1.75. The molecule has 10 heteroatoms. The van der Waals surface area contributed by atoms with E-state index in [2.05, 4.69) is 20.5 Å². The number of carbonyl (C=O) groups excluding carboxylic acids is 1. The molecule has 2 aromatic rings. The zero-order valence-corrected chi connectivity index (χ0v) is 16.7. The molecule has 0 radical (unpaired) electrons. The van der Waals surface area contributed by atoms with Gasteiger partial charge in [-0.3, -0.25) is 14.2 Å². The van der Waals surface area contributed by atoms with E-state index in [9.17, 15) is 9.59 Å². The van der Waals surface area contributed by atoms with E-state index >= 15 is 0 Å². The molecule has 0 fully saturated rings. The lowest BCUT2D eigenvalue weighted by atomic mass is 10.1. The SMILES string of the molecule is CCSc1nnc(NC(=O)[C@H]2CSc3nc(C)c(CC)c(=O)n3C2)s1. The summed E-state index contributed by atoms with van der Waals surface area (Å²) in [5.74, 6) is 1.08. The number of nitrogens with zero attached hydrogens (tertiary/aromatic N) is 4. The number of hydrogen-bond acceptors (Lipinski definition) is 8. The molecule has 3 heterocycles. The van der Waals surface area contributed by atoms with Crippen molar-refractivity contribution < 1.29 is 4.79 Å². The minimum absolute atomic E-state index is 0.0347. The maximum Gasteiger partial charge on any atom is 0.257 e. The average molecular weight is 398 g/mol. The fourth-order valence-corrected chi connectivity index (χ4v) is 5.38. The van der Waals surface area contributed by atoms with Crippen molar-refractivity contribution in [2.24, 2.45) is 5.92 Å². The first-order valence-electron chi connectivity index (χ1n) is 8.03. The van der Waals surface area contributed by atoms with Gasteiger partial charge in [0, 0.05) is 23.6 Å². The molecule has 25 heavy (non-hydrogen) atoms. The molecule has 3 rings (SSSR count). The van der Waals surface area contributed by atoms with Crippen molar-refractivity contribution >= 4 is 45.9 Å². The molecule has 7 nitrogen and oxygen atoms in total. The quantitative estimate of drug-likeness (QED) is 0.471. The number of aromatic nitrogens is 4. The minimum Gasteiger partial charge on any atom is -0.300 e.